The molecule has 12 heteroatoms. The van der Waals surface area contributed by atoms with E-state index in [2.05, 4.69) is 25.6 Å². The van der Waals surface area contributed by atoms with Gasteiger partial charge in [-0.3, -0.25) is 9.59 Å². The molecular formula is C29H39N7O5. The van der Waals surface area contributed by atoms with E-state index in [1.165, 1.54) is 12.1 Å². The summed E-state index contributed by atoms with van der Waals surface area (Å²) in [7, 11) is 0. The van der Waals surface area contributed by atoms with Crippen molar-refractivity contribution in [1.29, 1.82) is 0 Å². The number of ether oxygens (including phenoxy) is 3. The number of anilines is 4. The average Bonchev–Trinajstić information content (AvgIpc) is 2.88. The topological polar surface area (TPSA) is 177 Å². The summed E-state index contributed by atoms with van der Waals surface area (Å²) in [6.07, 6.45) is 0. The normalized spacial score (nSPS) is 11.0. The number of nitrogens with two attached hydrogens (primary N) is 2. The van der Waals surface area contributed by atoms with E-state index in [9.17, 15) is 9.59 Å². The predicted octanol–water partition coefficient (Wildman–Crippen LogP) is 4.65. The third-order valence-electron chi connectivity index (χ3n) is 5.13. The zero-order valence-corrected chi connectivity index (χ0v) is 24.4. The molecule has 12 nitrogen and oxygen atoms in total. The van der Waals surface area contributed by atoms with Gasteiger partial charge in [-0.05, 0) is 17.8 Å². The number of rotatable bonds is 13. The predicted molar refractivity (Wildman–Crippen MR) is 158 cm³/mol. The monoisotopic (exact) mass is 565 g/mol. The van der Waals surface area contributed by atoms with Crippen LogP contribution in [0.2, 0.25) is 0 Å². The van der Waals surface area contributed by atoms with Crippen LogP contribution in [0.1, 0.15) is 62.5 Å². The first-order valence-electron chi connectivity index (χ1n) is 13.5. The number of nitrogen functional groups attached to an aromatic ring is 2. The van der Waals surface area contributed by atoms with Crippen molar-refractivity contribution in [3.05, 3.63) is 47.8 Å². The van der Waals surface area contributed by atoms with Gasteiger partial charge in [-0.2, -0.15) is 0 Å². The van der Waals surface area contributed by atoms with Crippen LogP contribution in [-0.4, -0.2) is 46.6 Å². The van der Waals surface area contributed by atoms with Crippen molar-refractivity contribution in [3.8, 4) is 17.2 Å². The van der Waals surface area contributed by atoms with Gasteiger partial charge < -0.3 is 36.3 Å². The number of nitrogens with zero attached hydrogens (tertiary/aromatic N) is 3. The van der Waals surface area contributed by atoms with Crippen LogP contribution < -0.4 is 36.3 Å². The fraction of sp³-hybridized carbons (Fsp3) is 0.414. The third-order valence-corrected chi connectivity index (χ3v) is 5.13. The van der Waals surface area contributed by atoms with Crippen molar-refractivity contribution in [2.24, 2.45) is 17.8 Å². The minimum Gasteiger partial charge on any atom is -0.493 e. The molecule has 0 spiro atoms. The summed E-state index contributed by atoms with van der Waals surface area (Å²) in [6.45, 7) is 13.3. The highest BCUT2D eigenvalue weighted by molar-refractivity contribution is 6.06. The summed E-state index contributed by atoms with van der Waals surface area (Å²) in [5.74, 6) is 1.50. The maximum absolute atomic E-state index is 13.2. The summed E-state index contributed by atoms with van der Waals surface area (Å²) >= 11 is 0. The first kappa shape index (κ1) is 30.9. The number of nitrogens with one attached hydrogen (secondary N) is 2. The van der Waals surface area contributed by atoms with Crippen LogP contribution in [0, 0.1) is 17.8 Å². The Balaban J connectivity index is 1.86. The van der Waals surface area contributed by atoms with E-state index in [0.717, 1.165) is 0 Å². The summed E-state index contributed by atoms with van der Waals surface area (Å²) in [4.78, 5) is 39.0. The molecule has 0 saturated carbocycles. The molecule has 0 aliphatic carbocycles. The molecule has 0 radical (unpaired) electrons. The van der Waals surface area contributed by atoms with Crippen LogP contribution in [0.25, 0.3) is 0 Å². The lowest BCUT2D eigenvalue weighted by Crippen LogP contribution is -2.20. The number of amides is 2. The Hall–Kier alpha value is -4.61. The fourth-order valence-corrected chi connectivity index (χ4v) is 3.32. The Morgan fingerprint density at radius 3 is 1.29 bits per heavy atom. The summed E-state index contributed by atoms with van der Waals surface area (Å²) < 4.78 is 17.3. The van der Waals surface area contributed by atoms with Crippen LogP contribution in [0.15, 0.2) is 36.4 Å². The number of carbonyl (C=O) groups excluding carboxylic acids is 2. The minimum absolute atomic E-state index is 0.0632. The Labute approximate surface area is 240 Å². The number of hydrogen-bond donors (Lipinski definition) is 4. The van der Waals surface area contributed by atoms with Gasteiger partial charge in [0.05, 0.1) is 19.8 Å². The molecule has 0 unspecified atom stereocenters. The van der Waals surface area contributed by atoms with Crippen LogP contribution in [-0.2, 0) is 0 Å². The van der Waals surface area contributed by atoms with E-state index in [-0.39, 0.29) is 40.6 Å². The molecule has 3 aromatic heterocycles. The Morgan fingerprint density at radius 2 is 0.951 bits per heavy atom. The van der Waals surface area contributed by atoms with E-state index in [1.54, 1.807) is 24.3 Å². The zero-order valence-electron chi connectivity index (χ0n) is 24.4. The van der Waals surface area contributed by atoms with Gasteiger partial charge in [-0.1, -0.05) is 41.5 Å². The Kier molecular flexibility index (Phi) is 10.7. The maximum atomic E-state index is 13.2. The Bertz CT molecular complexity index is 1270. The van der Waals surface area contributed by atoms with Crippen molar-refractivity contribution in [2.75, 3.05) is 41.9 Å². The standard InChI is InChI=1S/C29H39N7O5/c1-16(2)13-39-19-7-22(28(37)35-26-11-20(9-24(30)33-26)40-14-17(3)4)32-23(8-19)29(38)36-27-12-21(10-25(31)34-27)41-15-18(5)6/h7-12,16-18H,13-15H2,1-6H3,(H3,30,33,35,37)(H3,31,34,36,38). The Morgan fingerprint density at radius 1 is 0.610 bits per heavy atom. The van der Waals surface area contributed by atoms with E-state index in [1.807, 2.05) is 41.5 Å². The van der Waals surface area contributed by atoms with Crippen molar-refractivity contribution < 1.29 is 23.8 Å². The second-order valence-electron chi connectivity index (χ2n) is 10.8. The molecule has 0 aliphatic rings. The van der Waals surface area contributed by atoms with Gasteiger partial charge in [0.2, 0.25) is 0 Å². The van der Waals surface area contributed by atoms with E-state index in [4.69, 9.17) is 25.7 Å². The molecule has 0 atom stereocenters. The molecule has 220 valence electrons. The quantitative estimate of drug-likeness (QED) is 0.228. The smallest absolute Gasteiger partial charge is 0.275 e. The van der Waals surface area contributed by atoms with Gasteiger partial charge in [-0.25, -0.2) is 15.0 Å². The molecule has 3 heterocycles. The van der Waals surface area contributed by atoms with Crippen molar-refractivity contribution in [2.45, 2.75) is 41.5 Å². The van der Waals surface area contributed by atoms with Crippen LogP contribution >= 0.6 is 0 Å². The molecule has 3 aromatic rings. The lowest BCUT2D eigenvalue weighted by Gasteiger charge is -2.14. The summed E-state index contributed by atoms with van der Waals surface area (Å²) in [5, 5.41) is 5.34. The molecule has 0 saturated heterocycles. The molecule has 0 aromatic carbocycles. The maximum Gasteiger partial charge on any atom is 0.275 e. The van der Waals surface area contributed by atoms with Gasteiger partial charge in [0, 0.05) is 36.4 Å². The minimum atomic E-state index is -0.617. The molecule has 0 bridgehead atoms. The molecule has 3 rings (SSSR count). The van der Waals surface area contributed by atoms with E-state index in [0.29, 0.717) is 48.9 Å². The zero-order chi connectivity index (χ0) is 30.1. The van der Waals surface area contributed by atoms with E-state index >= 15 is 0 Å². The number of pyridine rings is 3. The second kappa shape index (κ2) is 14.1. The SMILES string of the molecule is CC(C)COc1cc(N)nc(NC(=O)c2cc(OCC(C)C)cc(C(=O)Nc3cc(OCC(C)C)cc(N)n3)n2)c1. The third kappa shape index (κ3) is 10.1. The lowest BCUT2D eigenvalue weighted by molar-refractivity contribution is 0.101. The number of aromatic nitrogens is 3. The summed E-state index contributed by atoms with van der Waals surface area (Å²) in [5.41, 5.74) is 11.7. The molecule has 2 amide bonds. The molecule has 6 N–H and O–H groups in total. The first-order valence-corrected chi connectivity index (χ1v) is 13.5. The van der Waals surface area contributed by atoms with Gasteiger partial charge in [-0.15, -0.1) is 0 Å². The van der Waals surface area contributed by atoms with Gasteiger partial charge >= 0.3 is 0 Å². The average molecular weight is 566 g/mol. The van der Waals surface area contributed by atoms with Crippen molar-refractivity contribution in [1.82, 2.24) is 15.0 Å². The second-order valence-corrected chi connectivity index (χ2v) is 10.8. The van der Waals surface area contributed by atoms with Gasteiger partial charge in [0.1, 0.15) is 51.9 Å². The molecule has 41 heavy (non-hydrogen) atoms. The highest BCUT2D eigenvalue weighted by Crippen LogP contribution is 2.23. The number of hydrogen-bond acceptors (Lipinski definition) is 10. The van der Waals surface area contributed by atoms with Gasteiger partial charge in [0.15, 0.2) is 0 Å². The van der Waals surface area contributed by atoms with Crippen molar-refractivity contribution >= 4 is 35.1 Å². The van der Waals surface area contributed by atoms with Crippen LogP contribution in [0.4, 0.5) is 23.3 Å². The molecular weight excluding hydrogens is 526 g/mol. The highest BCUT2D eigenvalue weighted by Gasteiger charge is 2.18. The van der Waals surface area contributed by atoms with Crippen molar-refractivity contribution in [3.63, 3.8) is 0 Å². The molecule has 0 fully saturated rings. The van der Waals surface area contributed by atoms with Gasteiger partial charge in [0.25, 0.3) is 11.8 Å². The van der Waals surface area contributed by atoms with Crippen LogP contribution in [0.3, 0.4) is 0 Å². The largest absolute Gasteiger partial charge is 0.493 e. The highest BCUT2D eigenvalue weighted by atomic mass is 16.5. The number of carbonyl (C=O) groups is 2. The fourth-order valence-electron chi connectivity index (χ4n) is 3.32. The molecule has 0 aliphatic heterocycles. The summed E-state index contributed by atoms with van der Waals surface area (Å²) in [6, 6.07) is 9.17. The van der Waals surface area contributed by atoms with Crippen LogP contribution in [0.5, 0.6) is 17.2 Å². The first-order chi connectivity index (χ1) is 19.4. The lowest BCUT2D eigenvalue weighted by atomic mass is 10.2. The van der Waals surface area contributed by atoms with E-state index < -0.39 is 11.8 Å².